The molecule has 4 N–H and O–H groups in total. The molecule has 108 valence electrons. The highest BCUT2D eigenvalue weighted by Crippen LogP contribution is 2.09. The van der Waals surface area contributed by atoms with Gasteiger partial charge >= 0.3 is 0 Å². The Kier molecular flexibility index (Phi) is 6.52. The van der Waals surface area contributed by atoms with Gasteiger partial charge in [-0.05, 0) is 12.3 Å². The molecular formula is C13H22N2O4. The minimum Gasteiger partial charge on any atom is -0.389 e. The van der Waals surface area contributed by atoms with Gasteiger partial charge in [0.2, 0.25) is 11.8 Å². The van der Waals surface area contributed by atoms with Crippen molar-refractivity contribution >= 4 is 11.8 Å². The number of nitrogens with two attached hydrogens (primary N) is 1. The van der Waals surface area contributed by atoms with Gasteiger partial charge in [-0.1, -0.05) is 19.1 Å². The average Bonchev–Trinajstić information content (AvgIpc) is 2.27. The van der Waals surface area contributed by atoms with E-state index in [0.29, 0.717) is 13.0 Å². The van der Waals surface area contributed by atoms with Crippen LogP contribution in [0.5, 0.6) is 0 Å². The van der Waals surface area contributed by atoms with E-state index in [4.69, 9.17) is 10.5 Å². The zero-order chi connectivity index (χ0) is 14.3. The van der Waals surface area contributed by atoms with Crippen LogP contribution < -0.4 is 11.1 Å². The molecule has 1 aliphatic heterocycles. The number of rotatable bonds is 5. The lowest BCUT2D eigenvalue weighted by molar-refractivity contribution is -0.124. The molecule has 2 amide bonds. The predicted octanol–water partition coefficient (Wildman–Crippen LogP) is -0.290. The maximum absolute atomic E-state index is 11.8. The van der Waals surface area contributed by atoms with E-state index in [9.17, 15) is 14.7 Å². The third-order valence-electron chi connectivity index (χ3n) is 2.95. The number of amides is 2. The number of carbonyl (C=O) groups is 2. The Bertz CT molecular complexity index is 344. The summed E-state index contributed by atoms with van der Waals surface area (Å²) in [7, 11) is 0. The zero-order valence-corrected chi connectivity index (χ0v) is 11.2. The van der Waals surface area contributed by atoms with Crippen molar-refractivity contribution in [3.8, 4) is 0 Å². The number of ether oxygens (including phenoxy) is 1. The lowest BCUT2D eigenvalue weighted by atomic mass is 10.0. The summed E-state index contributed by atoms with van der Waals surface area (Å²) in [5.41, 5.74) is 5.08. The van der Waals surface area contributed by atoms with Crippen molar-refractivity contribution in [1.29, 1.82) is 0 Å². The first-order valence-electron chi connectivity index (χ1n) is 6.47. The first-order valence-corrected chi connectivity index (χ1v) is 6.47. The van der Waals surface area contributed by atoms with Crippen LogP contribution in [0.25, 0.3) is 0 Å². The molecule has 1 aliphatic rings. The Morgan fingerprint density at radius 1 is 1.47 bits per heavy atom. The van der Waals surface area contributed by atoms with Gasteiger partial charge < -0.3 is 20.9 Å². The summed E-state index contributed by atoms with van der Waals surface area (Å²) in [6, 6.07) is -0.357. The number of primary amides is 1. The predicted molar refractivity (Wildman–Crippen MR) is 70.1 cm³/mol. The van der Waals surface area contributed by atoms with Crippen LogP contribution in [0.3, 0.4) is 0 Å². The summed E-state index contributed by atoms with van der Waals surface area (Å²) in [5, 5.41) is 12.6. The van der Waals surface area contributed by atoms with Crippen LogP contribution in [0, 0.1) is 5.92 Å². The molecule has 0 saturated heterocycles. The molecule has 0 aromatic carbocycles. The standard InChI is InChI=1S/C13H22N2O4/c1-9(6-12(14)17)7-13(18)15-10-4-2-3-5-19-8-11(10)16/h2-3,9-11,16H,4-8H2,1H3,(H2,14,17)(H,15,18)/t9-,10?,11?/m0/s1. The number of hydrogen-bond acceptors (Lipinski definition) is 4. The highest BCUT2D eigenvalue weighted by molar-refractivity contribution is 5.78. The lowest BCUT2D eigenvalue weighted by Gasteiger charge is -2.25. The minimum absolute atomic E-state index is 0.102. The van der Waals surface area contributed by atoms with Crippen LogP contribution in [0.4, 0.5) is 0 Å². The van der Waals surface area contributed by atoms with Crippen LogP contribution in [-0.4, -0.2) is 42.3 Å². The van der Waals surface area contributed by atoms with E-state index in [-0.39, 0.29) is 37.3 Å². The first-order chi connectivity index (χ1) is 8.99. The zero-order valence-electron chi connectivity index (χ0n) is 11.2. The Morgan fingerprint density at radius 2 is 2.21 bits per heavy atom. The van der Waals surface area contributed by atoms with E-state index in [1.165, 1.54) is 0 Å². The van der Waals surface area contributed by atoms with Crippen molar-refractivity contribution in [2.75, 3.05) is 13.2 Å². The van der Waals surface area contributed by atoms with Crippen molar-refractivity contribution in [3.63, 3.8) is 0 Å². The second-order valence-corrected chi connectivity index (χ2v) is 4.97. The van der Waals surface area contributed by atoms with Gasteiger partial charge in [-0.25, -0.2) is 0 Å². The van der Waals surface area contributed by atoms with Gasteiger partial charge in [0.15, 0.2) is 0 Å². The van der Waals surface area contributed by atoms with Gasteiger partial charge in [0.25, 0.3) is 0 Å². The normalized spacial score (nSPS) is 25.2. The topological polar surface area (TPSA) is 102 Å². The summed E-state index contributed by atoms with van der Waals surface area (Å²) < 4.78 is 5.18. The van der Waals surface area contributed by atoms with E-state index < -0.39 is 12.0 Å². The van der Waals surface area contributed by atoms with Crippen LogP contribution in [0.1, 0.15) is 26.2 Å². The number of aliphatic hydroxyl groups is 1. The molecule has 2 unspecified atom stereocenters. The molecule has 0 aromatic rings. The summed E-state index contributed by atoms with van der Waals surface area (Å²) in [6.45, 7) is 2.47. The van der Waals surface area contributed by atoms with Crippen LogP contribution in [0.2, 0.25) is 0 Å². The molecule has 0 radical (unpaired) electrons. The fraction of sp³-hybridized carbons (Fsp3) is 0.692. The van der Waals surface area contributed by atoms with Gasteiger partial charge in [-0.3, -0.25) is 9.59 Å². The Hall–Kier alpha value is -1.40. The average molecular weight is 270 g/mol. The summed E-state index contributed by atoms with van der Waals surface area (Å²) in [6.07, 6.45) is 3.99. The first kappa shape index (κ1) is 15.7. The van der Waals surface area contributed by atoms with Crippen LogP contribution in [0.15, 0.2) is 12.2 Å². The highest BCUT2D eigenvalue weighted by atomic mass is 16.5. The van der Waals surface area contributed by atoms with Crippen molar-refractivity contribution in [2.24, 2.45) is 11.7 Å². The Morgan fingerprint density at radius 3 is 2.89 bits per heavy atom. The van der Waals surface area contributed by atoms with Gasteiger partial charge in [0.1, 0.15) is 0 Å². The third kappa shape index (κ3) is 6.35. The van der Waals surface area contributed by atoms with Gasteiger partial charge in [0, 0.05) is 12.8 Å². The van der Waals surface area contributed by atoms with E-state index in [2.05, 4.69) is 5.32 Å². The van der Waals surface area contributed by atoms with Gasteiger partial charge in [0.05, 0.1) is 25.4 Å². The van der Waals surface area contributed by atoms with E-state index in [1.807, 2.05) is 12.2 Å². The minimum atomic E-state index is -0.722. The summed E-state index contributed by atoms with van der Waals surface area (Å²) in [4.78, 5) is 22.5. The van der Waals surface area contributed by atoms with Crippen molar-refractivity contribution < 1.29 is 19.4 Å². The quantitative estimate of drug-likeness (QED) is 0.597. The van der Waals surface area contributed by atoms with Gasteiger partial charge in [-0.15, -0.1) is 0 Å². The van der Waals surface area contributed by atoms with E-state index >= 15 is 0 Å². The third-order valence-corrected chi connectivity index (χ3v) is 2.95. The fourth-order valence-electron chi connectivity index (χ4n) is 1.99. The monoisotopic (exact) mass is 270 g/mol. The second-order valence-electron chi connectivity index (χ2n) is 4.97. The SMILES string of the molecule is C[C@@H](CC(N)=O)CC(=O)NC1CC=CCOCC1O. The fourth-order valence-corrected chi connectivity index (χ4v) is 1.99. The smallest absolute Gasteiger partial charge is 0.220 e. The molecule has 1 rings (SSSR count). The molecule has 3 atom stereocenters. The molecule has 0 spiro atoms. The summed E-state index contributed by atoms with van der Waals surface area (Å²) >= 11 is 0. The number of carbonyl (C=O) groups excluding carboxylic acids is 2. The molecule has 0 saturated carbocycles. The van der Waals surface area contributed by atoms with Crippen molar-refractivity contribution in [3.05, 3.63) is 12.2 Å². The van der Waals surface area contributed by atoms with E-state index in [1.54, 1.807) is 6.92 Å². The lowest BCUT2D eigenvalue weighted by Crippen LogP contribution is -2.46. The van der Waals surface area contributed by atoms with Crippen molar-refractivity contribution in [2.45, 2.75) is 38.3 Å². The maximum Gasteiger partial charge on any atom is 0.220 e. The molecular weight excluding hydrogens is 248 g/mol. The largest absolute Gasteiger partial charge is 0.389 e. The maximum atomic E-state index is 11.8. The molecule has 1 heterocycles. The molecule has 0 aliphatic carbocycles. The Labute approximate surface area is 113 Å². The number of hydrogen-bond donors (Lipinski definition) is 3. The van der Waals surface area contributed by atoms with Crippen LogP contribution >= 0.6 is 0 Å². The molecule has 6 nitrogen and oxygen atoms in total. The van der Waals surface area contributed by atoms with Crippen LogP contribution in [-0.2, 0) is 14.3 Å². The van der Waals surface area contributed by atoms with E-state index in [0.717, 1.165) is 0 Å². The molecule has 0 bridgehead atoms. The van der Waals surface area contributed by atoms with Crippen molar-refractivity contribution in [1.82, 2.24) is 5.32 Å². The summed E-state index contributed by atoms with van der Waals surface area (Å²) in [5.74, 6) is -0.704. The van der Waals surface area contributed by atoms with Gasteiger partial charge in [-0.2, -0.15) is 0 Å². The molecule has 0 aromatic heterocycles. The molecule has 0 fully saturated rings. The number of aliphatic hydroxyl groups excluding tert-OH is 1. The number of nitrogens with one attached hydrogen (secondary N) is 1. The Balaban J connectivity index is 2.42. The molecule has 19 heavy (non-hydrogen) atoms. The highest BCUT2D eigenvalue weighted by Gasteiger charge is 2.22. The molecule has 6 heteroatoms. The second kappa shape index (κ2) is 7.91.